The standard InChI is InChI=1S/C14H16N2O5/c1-21-11-5-3-2-4-10(11)15-12(17)8-16-7-9(14(19)20)6-13(16)18/h2-5,9H,6-8H2,1H3,(H,15,17)(H,19,20). The number of anilines is 1. The lowest BCUT2D eigenvalue weighted by Crippen LogP contribution is -2.34. The van der Waals surface area contributed by atoms with Gasteiger partial charge in [-0.1, -0.05) is 12.1 Å². The summed E-state index contributed by atoms with van der Waals surface area (Å²) in [6, 6.07) is 6.91. The molecule has 1 fully saturated rings. The molecule has 0 aromatic heterocycles. The van der Waals surface area contributed by atoms with Crippen molar-refractivity contribution in [2.75, 3.05) is 25.5 Å². The second-order valence-electron chi connectivity index (χ2n) is 4.76. The van der Waals surface area contributed by atoms with E-state index in [-0.39, 0.29) is 31.3 Å². The maximum atomic E-state index is 12.0. The van der Waals surface area contributed by atoms with Crippen LogP contribution in [0.3, 0.4) is 0 Å². The number of para-hydroxylation sites is 2. The van der Waals surface area contributed by atoms with Crippen molar-refractivity contribution in [1.82, 2.24) is 4.90 Å². The minimum absolute atomic E-state index is 0.0583. The third-order valence-corrected chi connectivity index (χ3v) is 3.28. The summed E-state index contributed by atoms with van der Waals surface area (Å²) in [6.07, 6.45) is -0.0583. The molecule has 1 unspecified atom stereocenters. The van der Waals surface area contributed by atoms with Crippen LogP contribution in [0.5, 0.6) is 5.75 Å². The number of carboxylic acid groups (broad SMARTS) is 1. The predicted octanol–water partition coefficient (Wildman–Crippen LogP) is 0.567. The van der Waals surface area contributed by atoms with Crippen LogP contribution in [0.4, 0.5) is 5.69 Å². The van der Waals surface area contributed by atoms with E-state index in [4.69, 9.17) is 9.84 Å². The number of amides is 2. The first-order valence-corrected chi connectivity index (χ1v) is 6.44. The molecule has 0 spiro atoms. The minimum atomic E-state index is -1.02. The largest absolute Gasteiger partial charge is 0.495 e. The van der Waals surface area contributed by atoms with Gasteiger partial charge in [-0.3, -0.25) is 14.4 Å². The Balaban J connectivity index is 1.96. The van der Waals surface area contributed by atoms with Gasteiger partial charge in [0.05, 0.1) is 25.3 Å². The van der Waals surface area contributed by atoms with E-state index < -0.39 is 11.9 Å². The highest BCUT2D eigenvalue weighted by Gasteiger charge is 2.35. The molecule has 0 radical (unpaired) electrons. The number of carbonyl (C=O) groups is 3. The number of rotatable bonds is 5. The van der Waals surface area contributed by atoms with Crippen molar-refractivity contribution in [3.8, 4) is 5.75 Å². The van der Waals surface area contributed by atoms with Crippen molar-refractivity contribution < 1.29 is 24.2 Å². The first kappa shape index (κ1) is 14.8. The molecule has 1 saturated heterocycles. The average Bonchev–Trinajstić information content (AvgIpc) is 2.81. The van der Waals surface area contributed by atoms with Gasteiger partial charge in [-0.05, 0) is 12.1 Å². The quantitative estimate of drug-likeness (QED) is 0.827. The summed E-state index contributed by atoms with van der Waals surface area (Å²) < 4.78 is 5.11. The lowest BCUT2D eigenvalue weighted by molar-refractivity contribution is -0.141. The highest BCUT2D eigenvalue weighted by Crippen LogP contribution is 2.23. The second kappa shape index (κ2) is 6.25. The summed E-state index contributed by atoms with van der Waals surface area (Å²) in [7, 11) is 1.49. The van der Waals surface area contributed by atoms with Gasteiger partial charge in [-0.15, -0.1) is 0 Å². The molecule has 112 valence electrons. The zero-order valence-electron chi connectivity index (χ0n) is 11.5. The lowest BCUT2D eigenvalue weighted by Gasteiger charge is -2.16. The Hall–Kier alpha value is -2.57. The van der Waals surface area contributed by atoms with E-state index in [9.17, 15) is 14.4 Å². The molecule has 1 aromatic carbocycles. The maximum absolute atomic E-state index is 12.0. The van der Waals surface area contributed by atoms with Crippen molar-refractivity contribution in [1.29, 1.82) is 0 Å². The third kappa shape index (κ3) is 3.50. The Morgan fingerprint density at radius 1 is 1.43 bits per heavy atom. The van der Waals surface area contributed by atoms with E-state index >= 15 is 0 Å². The van der Waals surface area contributed by atoms with Gasteiger partial charge >= 0.3 is 5.97 Å². The highest BCUT2D eigenvalue weighted by molar-refractivity contribution is 5.96. The molecule has 1 aromatic rings. The van der Waals surface area contributed by atoms with Crippen LogP contribution in [-0.2, 0) is 14.4 Å². The summed E-state index contributed by atoms with van der Waals surface area (Å²) in [4.78, 5) is 35.7. The number of nitrogens with zero attached hydrogens (tertiary/aromatic N) is 1. The number of ether oxygens (including phenoxy) is 1. The molecule has 7 nitrogen and oxygen atoms in total. The van der Waals surface area contributed by atoms with Crippen LogP contribution in [0.1, 0.15) is 6.42 Å². The highest BCUT2D eigenvalue weighted by atomic mass is 16.5. The Kier molecular flexibility index (Phi) is 4.42. The molecule has 2 N–H and O–H groups in total. The number of hydrogen-bond donors (Lipinski definition) is 2. The number of methoxy groups -OCH3 is 1. The van der Waals surface area contributed by atoms with Crippen LogP contribution in [0.15, 0.2) is 24.3 Å². The number of aliphatic carboxylic acids is 1. The van der Waals surface area contributed by atoms with Crippen LogP contribution in [0.25, 0.3) is 0 Å². The molecule has 7 heteroatoms. The summed E-state index contributed by atoms with van der Waals surface area (Å²) in [5.74, 6) is -1.95. The molecule has 21 heavy (non-hydrogen) atoms. The summed E-state index contributed by atoms with van der Waals surface area (Å²) in [5.41, 5.74) is 0.506. The molecule has 0 saturated carbocycles. The number of benzene rings is 1. The van der Waals surface area contributed by atoms with Crippen molar-refractivity contribution >= 4 is 23.5 Å². The van der Waals surface area contributed by atoms with Crippen molar-refractivity contribution in [3.63, 3.8) is 0 Å². The first-order chi connectivity index (χ1) is 10.0. The van der Waals surface area contributed by atoms with Gasteiger partial charge in [0, 0.05) is 13.0 Å². The monoisotopic (exact) mass is 292 g/mol. The SMILES string of the molecule is COc1ccccc1NC(=O)CN1CC(C(=O)O)CC1=O. The number of likely N-dealkylation sites (tertiary alicyclic amines) is 1. The second-order valence-corrected chi connectivity index (χ2v) is 4.76. The van der Waals surface area contributed by atoms with E-state index in [0.717, 1.165) is 0 Å². The van der Waals surface area contributed by atoms with Gasteiger partial charge in [0.25, 0.3) is 0 Å². The molecule has 1 aliphatic heterocycles. The van der Waals surface area contributed by atoms with Gasteiger partial charge in [0.1, 0.15) is 5.75 Å². The van der Waals surface area contributed by atoms with E-state index in [1.165, 1.54) is 12.0 Å². The van der Waals surface area contributed by atoms with Gasteiger partial charge in [-0.2, -0.15) is 0 Å². The molecular formula is C14H16N2O5. The Labute approximate surface area is 121 Å². The number of hydrogen-bond acceptors (Lipinski definition) is 4. The van der Waals surface area contributed by atoms with E-state index in [1.54, 1.807) is 24.3 Å². The van der Waals surface area contributed by atoms with Crippen LogP contribution in [0.2, 0.25) is 0 Å². The topological polar surface area (TPSA) is 95.9 Å². The van der Waals surface area contributed by atoms with Gasteiger partial charge < -0.3 is 20.1 Å². The number of carbonyl (C=O) groups excluding carboxylic acids is 2. The predicted molar refractivity (Wildman–Crippen MR) is 73.9 cm³/mol. The van der Waals surface area contributed by atoms with Crippen molar-refractivity contribution in [2.45, 2.75) is 6.42 Å². The average molecular weight is 292 g/mol. The normalized spacial score (nSPS) is 17.7. The zero-order chi connectivity index (χ0) is 15.4. The Morgan fingerprint density at radius 3 is 2.76 bits per heavy atom. The molecular weight excluding hydrogens is 276 g/mol. The lowest BCUT2D eigenvalue weighted by atomic mass is 10.1. The van der Waals surface area contributed by atoms with Gasteiger partial charge in [0.15, 0.2) is 0 Å². The first-order valence-electron chi connectivity index (χ1n) is 6.44. The molecule has 2 rings (SSSR count). The number of carboxylic acids is 1. The van der Waals surface area contributed by atoms with Crippen LogP contribution >= 0.6 is 0 Å². The summed E-state index contributed by atoms with van der Waals surface area (Å²) in [5, 5.41) is 11.5. The Morgan fingerprint density at radius 2 is 2.14 bits per heavy atom. The van der Waals surface area contributed by atoms with E-state index in [0.29, 0.717) is 11.4 Å². The third-order valence-electron chi connectivity index (χ3n) is 3.28. The van der Waals surface area contributed by atoms with Crippen LogP contribution < -0.4 is 10.1 Å². The van der Waals surface area contributed by atoms with Crippen molar-refractivity contribution in [2.24, 2.45) is 5.92 Å². The van der Waals surface area contributed by atoms with Gasteiger partial charge in [-0.25, -0.2) is 0 Å². The Bertz CT molecular complexity index is 572. The summed E-state index contributed by atoms with van der Waals surface area (Å²) >= 11 is 0. The zero-order valence-corrected chi connectivity index (χ0v) is 11.5. The summed E-state index contributed by atoms with van der Waals surface area (Å²) in [6.45, 7) is -0.103. The molecule has 2 amide bonds. The smallest absolute Gasteiger partial charge is 0.308 e. The molecule has 1 atom stereocenters. The fraction of sp³-hybridized carbons (Fsp3) is 0.357. The maximum Gasteiger partial charge on any atom is 0.308 e. The molecule has 0 aliphatic carbocycles. The fourth-order valence-corrected chi connectivity index (χ4v) is 2.20. The van der Waals surface area contributed by atoms with Crippen LogP contribution in [0, 0.1) is 5.92 Å². The van der Waals surface area contributed by atoms with Crippen LogP contribution in [-0.4, -0.2) is 48.0 Å². The minimum Gasteiger partial charge on any atom is -0.495 e. The molecule has 1 heterocycles. The van der Waals surface area contributed by atoms with Crippen molar-refractivity contribution in [3.05, 3.63) is 24.3 Å². The van der Waals surface area contributed by atoms with E-state index in [1.807, 2.05) is 0 Å². The van der Waals surface area contributed by atoms with Gasteiger partial charge in [0.2, 0.25) is 11.8 Å². The molecule has 1 aliphatic rings. The number of nitrogens with one attached hydrogen (secondary N) is 1. The molecule has 0 bridgehead atoms. The van der Waals surface area contributed by atoms with E-state index in [2.05, 4.69) is 5.32 Å². The fourth-order valence-electron chi connectivity index (χ4n) is 2.20.